The summed E-state index contributed by atoms with van der Waals surface area (Å²) in [7, 11) is 1.58. The number of piperidine rings is 1. The van der Waals surface area contributed by atoms with Gasteiger partial charge in [-0.3, -0.25) is 0 Å². The Kier molecular flexibility index (Phi) is 7.75. The average molecular weight is 566 g/mol. The second kappa shape index (κ2) is 11.4. The van der Waals surface area contributed by atoms with Crippen molar-refractivity contribution in [3.63, 3.8) is 0 Å². The fraction of sp³-hybridized carbons (Fsp3) is 0.440. The van der Waals surface area contributed by atoms with Crippen molar-refractivity contribution >= 4 is 46.5 Å². The number of hydrogen-bond acceptors (Lipinski definition) is 11. The van der Waals surface area contributed by atoms with E-state index in [4.69, 9.17) is 16.3 Å². The zero-order valence-corrected chi connectivity index (χ0v) is 22.7. The van der Waals surface area contributed by atoms with Crippen molar-refractivity contribution in [1.82, 2.24) is 29.8 Å². The first-order chi connectivity index (χ1) is 19.3. The first-order valence-corrected chi connectivity index (χ1v) is 13.2. The van der Waals surface area contributed by atoms with Gasteiger partial charge in [0.15, 0.2) is 17.2 Å². The summed E-state index contributed by atoms with van der Waals surface area (Å²) in [6, 6.07) is 7.30. The van der Waals surface area contributed by atoms with Crippen LogP contribution in [0.3, 0.4) is 0 Å². The van der Waals surface area contributed by atoms with Crippen molar-refractivity contribution in [2.24, 2.45) is 0 Å². The Morgan fingerprint density at radius 1 is 1.32 bits per heavy atom. The maximum absolute atomic E-state index is 11.7. The van der Waals surface area contributed by atoms with Crippen LogP contribution >= 0.6 is 11.6 Å². The van der Waals surface area contributed by atoms with Gasteiger partial charge in [0, 0.05) is 32.7 Å². The average Bonchev–Trinajstić information content (AvgIpc) is 3.34. The number of hydrogen-bond donors (Lipinski definition) is 4. The van der Waals surface area contributed by atoms with E-state index in [9.17, 15) is 20.4 Å². The van der Waals surface area contributed by atoms with Crippen LogP contribution in [-0.4, -0.2) is 93.7 Å². The van der Waals surface area contributed by atoms with Crippen LogP contribution < -0.4 is 20.9 Å². The highest BCUT2D eigenvalue weighted by Crippen LogP contribution is 2.37. The number of fused-ring (bicyclic) bond motifs is 1. The summed E-state index contributed by atoms with van der Waals surface area (Å²) >= 11 is 6.92. The Balaban J connectivity index is 1.47. The molecule has 2 atom stereocenters. The highest BCUT2D eigenvalue weighted by molar-refractivity contribution is 6.36. The Bertz CT molecular complexity index is 1510. The molecule has 0 bridgehead atoms. The molecular weight excluding hydrogens is 538 g/mol. The maximum Gasteiger partial charge on any atom is 0.407 e. The zero-order valence-electron chi connectivity index (χ0n) is 21.9. The van der Waals surface area contributed by atoms with Crippen molar-refractivity contribution in [2.45, 2.75) is 31.5 Å². The van der Waals surface area contributed by atoms with Crippen molar-refractivity contribution in [1.29, 1.82) is 10.5 Å². The maximum atomic E-state index is 11.7. The summed E-state index contributed by atoms with van der Waals surface area (Å²) in [4.78, 5) is 23.9. The van der Waals surface area contributed by atoms with Gasteiger partial charge in [0.05, 0.1) is 59.5 Å². The molecule has 1 aromatic carbocycles. The van der Waals surface area contributed by atoms with Crippen molar-refractivity contribution in [3.8, 4) is 12.1 Å². The van der Waals surface area contributed by atoms with Crippen LogP contribution in [0.5, 0.6) is 0 Å². The Morgan fingerprint density at radius 3 is 2.77 bits per heavy atom. The van der Waals surface area contributed by atoms with E-state index in [2.05, 4.69) is 48.1 Å². The summed E-state index contributed by atoms with van der Waals surface area (Å²) in [6.45, 7) is 4.64. The fourth-order valence-corrected chi connectivity index (χ4v) is 5.25. The Hall–Kier alpha value is -4.37. The van der Waals surface area contributed by atoms with E-state index in [-0.39, 0.29) is 29.8 Å². The molecule has 0 unspecified atom stereocenters. The lowest BCUT2D eigenvalue weighted by Gasteiger charge is -2.45. The molecule has 0 aliphatic carbocycles. The molecule has 2 aromatic heterocycles. The predicted molar refractivity (Wildman–Crippen MR) is 147 cm³/mol. The Labute approximate surface area is 235 Å². The second-order valence-corrected chi connectivity index (χ2v) is 9.98. The molecule has 14 nitrogen and oxygen atoms in total. The lowest BCUT2D eigenvalue weighted by molar-refractivity contribution is -0.0155. The molecule has 2 saturated heterocycles. The first-order valence-electron chi connectivity index (χ1n) is 12.8. The number of likely N-dealkylation sites (N-methyl/N-ethyl adjacent to an activating group) is 1. The third-order valence-electron chi connectivity index (χ3n) is 7.05. The number of halogens is 1. The van der Waals surface area contributed by atoms with Crippen LogP contribution in [0.25, 0.3) is 5.65 Å². The molecule has 208 valence electrons. The van der Waals surface area contributed by atoms with Crippen molar-refractivity contribution < 1.29 is 14.6 Å². The van der Waals surface area contributed by atoms with Gasteiger partial charge < -0.3 is 35.6 Å². The molecule has 0 radical (unpaired) electrons. The number of carboxylic acid groups (broad SMARTS) is 1. The molecule has 4 N–H and O–H groups in total. The standard InChI is InChI=1S/C25H28ClN11O3/c1-3-29-22-23-30-10-16(9-28)37(23)34-24(33-22)32-17-6-14(8-27)7-20(21(17)26)36-5-4-19(35(2)25(38)39)18(11-36)31-15-12-40-13-15/h6-7,10,15,18-19,31H,3-5,11-13H2,1-2H3,(H,38,39)(H2,29,32,33,34)/t18-,19-/m1/s1. The quantitative estimate of drug-likeness (QED) is 0.313. The predicted octanol–water partition coefficient (Wildman–Crippen LogP) is 2.24. The largest absolute Gasteiger partial charge is 0.465 e. The minimum Gasteiger partial charge on any atom is -0.465 e. The van der Waals surface area contributed by atoms with E-state index in [1.807, 2.05) is 6.92 Å². The number of ether oxygens (including phenoxy) is 1. The van der Waals surface area contributed by atoms with Gasteiger partial charge in [-0.15, -0.1) is 5.10 Å². The van der Waals surface area contributed by atoms with Crippen LogP contribution in [0.2, 0.25) is 5.02 Å². The summed E-state index contributed by atoms with van der Waals surface area (Å²) in [6.07, 6.45) is 0.993. The number of aromatic nitrogens is 4. The second-order valence-electron chi connectivity index (χ2n) is 9.60. The number of nitrogens with zero attached hydrogens (tertiary/aromatic N) is 8. The summed E-state index contributed by atoms with van der Waals surface area (Å²) in [5.74, 6) is 0.597. The molecule has 2 aliphatic rings. The molecule has 0 saturated carbocycles. The minimum atomic E-state index is -0.988. The topological polar surface area (TPSA) is 180 Å². The zero-order chi connectivity index (χ0) is 28.4. The molecule has 2 fully saturated rings. The van der Waals surface area contributed by atoms with Gasteiger partial charge in [0.1, 0.15) is 6.07 Å². The molecule has 2 aliphatic heterocycles. The third-order valence-corrected chi connectivity index (χ3v) is 7.45. The monoisotopic (exact) mass is 565 g/mol. The number of rotatable bonds is 8. The van der Waals surface area contributed by atoms with E-state index >= 15 is 0 Å². The van der Waals surface area contributed by atoms with E-state index in [0.29, 0.717) is 72.7 Å². The first kappa shape index (κ1) is 27.2. The van der Waals surface area contributed by atoms with Gasteiger partial charge in [-0.2, -0.15) is 20.0 Å². The molecule has 4 heterocycles. The lowest BCUT2D eigenvalue weighted by Crippen LogP contribution is -2.64. The highest BCUT2D eigenvalue weighted by atomic mass is 35.5. The molecule has 1 amide bonds. The van der Waals surface area contributed by atoms with E-state index in [1.54, 1.807) is 19.2 Å². The van der Waals surface area contributed by atoms with E-state index in [1.165, 1.54) is 15.6 Å². The van der Waals surface area contributed by atoms with Crippen molar-refractivity contribution in [2.75, 3.05) is 55.4 Å². The van der Waals surface area contributed by atoms with Gasteiger partial charge in [0.25, 0.3) is 0 Å². The van der Waals surface area contributed by atoms with Crippen LogP contribution in [0, 0.1) is 22.7 Å². The minimum absolute atomic E-state index is 0.146. The highest BCUT2D eigenvalue weighted by Gasteiger charge is 2.37. The molecule has 5 rings (SSSR count). The van der Waals surface area contributed by atoms with Crippen LogP contribution in [-0.2, 0) is 4.74 Å². The summed E-state index contributed by atoms with van der Waals surface area (Å²) in [5.41, 5.74) is 2.06. The number of nitriles is 2. The van der Waals surface area contributed by atoms with E-state index < -0.39 is 6.09 Å². The third kappa shape index (κ3) is 5.24. The molecule has 0 spiro atoms. The normalized spacial score (nSPS) is 19.0. The van der Waals surface area contributed by atoms with Gasteiger partial charge >= 0.3 is 6.09 Å². The summed E-state index contributed by atoms with van der Waals surface area (Å²) < 4.78 is 6.69. The van der Waals surface area contributed by atoms with Gasteiger partial charge in [-0.05, 0) is 25.5 Å². The molecule has 3 aromatic rings. The Morgan fingerprint density at radius 2 is 2.12 bits per heavy atom. The number of nitrogens with one attached hydrogen (secondary N) is 3. The fourth-order valence-electron chi connectivity index (χ4n) is 4.97. The molecular formula is C25H28ClN11O3. The van der Waals surface area contributed by atoms with Gasteiger partial charge in [-0.25, -0.2) is 9.78 Å². The molecule has 40 heavy (non-hydrogen) atoms. The van der Waals surface area contributed by atoms with Crippen LogP contribution in [0.4, 0.5) is 27.9 Å². The van der Waals surface area contributed by atoms with Gasteiger partial charge in [0.2, 0.25) is 5.95 Å². The van der Waals surface area contributed by atoms with Crippen LogP contribution in [0.15, 0.2) is 18.3 Å². The smallest absolute Gasteiger partial charge is 0.407 e. The number of amides is 1. The van der Waals surface area contributed by atoms with Gasteiger partial charge in [-0.1, -0.05) is 11.6 Å². The molecule has 15 heteroatoms. The lowest BCUT2D eigenvalue weighted by atomic mass is 9.96. The van der Waals surface area contributed by atoms with Crippen molar-refractivity contribution in [3.05, 3.63) is 34.6 Å². The number of anilines is 4. The summed E-state index contributed by atoms with van der Waals surface area (Å²) in [5, 5.41) is 43.4. The number of carbonyl (C=O) groups is 1. The number of benzene rings is 1. The van der Waals surface area contributed by atoms with Crippen LogP contribution in [0.1, 0.15) is 24.6 Å². The van der Waals surface area contributed by atoms with E-state index in [0.717, 1.165) is 0 Å². The SMILES string of the molecule is CCNc1nc(Nc2cc(C#N)cc(N3CC[C@@H](N(C)C(=O)O)[C@H](NC4COC4)C3)c2Cl)nn2c(C#N)cnc12. The number of imidazole rings is 1.